The van der Waals surface area contributed by atoms with Crippen LogP contribution in [0.1, 0.15) is 33.6 Å². The summed E-state index contributed by atoms with van der Waals surface area (Å²) in [6.07, 6.45) is 2.43. The van der Waals surface area contributed by atoms with Crippen LogP contribution in [0.5, 0.6) is 0 Å². The van der Waals surface area contributed by atoms with Gasteiger partial charge in [-0.25, -0.2) is 0 Å². The minimum atomic E-state index is -1.84. The van der Waals surface area contributed by atoms with Crippen molar-refractivity contribution in [1.82, 2.24) is 0 Å². The molecule has 0 atom stereocenters. The summed E-state index contributed by atoms with van der Waals surface area (Å²) >= 11 is 0. The molecule has 0 amide bonds. The van der Waals surface area contributed by atoms with Gasteiger partial charge in [-0.3, -0.25) is 0 Å². The van der Waals surface area contributed by atoms with Crippen LogP contribution in [-0.4, -0.2) is 22.8 Å². The van der Waals surface area contributed by atoms with Crippen LogP contribution in [0, 0.1) is 0 Å². The lowest BCUT2D eigenvalue weighted by atomic mass is 10.4. The number of unbranched alkanes of at least 4 members (excludes halogenated alkanes) is 1. The van der Waals surface area contributed by atoms with Gasteiger partial charge in [-0.1, -0.05) is 33.6 Å². The monoisotopic (exact) mass is 190 g/mol. The Morgan fingerprint density at radius 2 is 1.67 bits per heavy atom. The predicted molar refractivity (Wildman–Crippen MR) is 54.6 cm³/mol. The van der Waals surface area contributed by atoms with Crippen LogP contribution in [-0.2, 0) is 8.85 Å². The van der Waals surface area contributed by atoms with Crippen LogP contribution in [0.3, 0.4) is 0 Å². The molecule has 0 saturated heterocycles. The van der Waals surface area contributed by atoms with E-state index in [1.807, 2.05) is 0 Å². The van der Waals surface area contributed by atoms with Crippen molar-refractivity contribution < 1.29 is 8.85 Å². The van der Waals surface area contributed by atoms with Gasteiger partial charge in [0.15, 0.2) is 0 Å². The van der Waals surface area contributed by atoms with E-state index in [1.54, 1.807) is 14.2 Å². The molecule has 0 spiro atoms. The molecule has 0 aliphatic carbocycles. The van der Waals surface area contributed by atoms with Gasteiger partial charge in [-0.05, 0) is 11.6 Å². The normalized spacial score (nSPS) is 12.5. The molecule has 2 nitrogen and oxygen atoms in total. The molecule has 0 aromatic carbocycles. The first-order valence-electron chi connectivity index (χ1n) is 4.73. The second kappa shape index (κ2) is 5.73. The van der Waals surface area contributed by atoms with Gasteiger partial charge >= 0.3 is 8.56 Å². The summed E-state index contributed by atoms with van der Waals surface area (Å²) in [5.74, 6) is 0. The van der Waals surface area contributed by atoms with Gasteiger partial charge in [0.05, 0.1) is 0 Å². The first-order valence-corrected chi connectivity index (χ1v) is 6.83. The largest absolute Gasteiger partial charge is 0.397 e. The quantitative estimate of drug-likeness (QED) is 0.600. The first kappa shape index (κ1) is 12.1. The molecule has 0 heterocycles. The maximum absolute atomic E-state index is 5.57. The number of rotatable bonds is 6. The maximum Gasteiger partial charge on any atom is 0.340 e. The summed E-state index contributed by atoms with van der Waals surface area (Å²) in [6, 6.07) is 1.12. The summed E-state index contributed by atoms with van der Waals surface area (Å²) in [6.45, 7) is 6.58. The Morgan fingerprint density at radius 3 is 1.92 bits per heavy atom. The van der Waals surface area contributed by atoms with Gasteiger partial charge in [0.2, 0.25) is 0 Å². The predicted octanol–water partition coefficient (Wildman–Crippen LogP) is 2.93. The van der Waals surface area contributed by atoms with Crippen LogP contribution in [0.2, 0.25) is 11.6 Å². The summed E-state index contributed by atoms with van der Waals surface area (Å²) in [7, 11) is 1.72. The summed E-state index contributed by atoms with van der Waals surface area (Å²) in [5.41, 5.74) is 0.541. The van der Waals surface area contributed by atoms with E-state index in [1.165, 1.54) is 12.8 Å². The Kier molecular flexibility index (Phi) is 5.79. The fourth-order valence-electron chi connectivity index (χ4n) is 1.47. The number of hydrogen-bond donors (Lipinski definition) is 0. The van der Waals surface area contributed by atoms with Gasteiger partial charge in [0.1, 0.15) is 0 Å². The average molecular weight is 190 g/mol. The smallest absolute Gasteiger partial charge is 0.340 e. The van der Waals surface area contributed by atoms with E-state index in [-0.39, 0.29) is 0 Å². The highest BCUT2D eigenvalue weighted by Gasteiger charge is 2.38. The Hall–Kier alpha value is 0.137. The fraction of sp³-hybridized carbons (Fsp3) is 1.00. The molecule has 0 bridgehead atoms. The van der Waals surface area contributed by atoms with E-state index >= 15 is 0 Å². The Bertz CT molecular complexity index is 111. The molecule has 0 aliphatic rings. The molecule has 0 rings (SSSR count). The van der Waals surface area contributed by atoms with Crippen molar-refractivity contribution in [1.29, 1.82) is 0 Å². The Balaban J connectivity index is 4.15. The minimum absolute atomic E-state index is 0.541. The van der Waals surface area contributed by atoms with Crippen molar-refractivity contribution in [2.24, 2.45) is 0 Å². The summed E-state index contributed by atoms with van der Waals surface area (Å²) < 4.78 is 11.1. The topological polar surface area (TPSA) is 18.5 Å². The molecule has 0 aliphatic heterocycles. The third kappa shape index (κ3) is 2.88. The second-order valence-corrected chi connectivity index (χ2v) is 7.57. The lowest BCUT2D eigenvalue weighted by molar-refractivity contribution is 0.231. The number of hydrogen-bond acceptors (Lipinski definition) is 2. The van der Waals surface area contributed by atoms with Gasteiger partial charge in [-0.2, -0.15) is 0 Å². The minimum Gasteiger partial charge on any atom is -0.397 e. The molecule has 3 heteroatoms. The molecule has 0 saturated carbocycles. The zero-order valence-corrected chi connectivity index (χ0v) is 10.0. The highest BCUT2D eigenvalue weighted by molar-refractivity contribution is 6.68. The van der Waals surface area contributed by atoms with E-state index in [0.717, 1.165) is 6.04 Å². The lowest BCUT2D eigenvalue weighted by Gasteiger charge is -2.30. The molecular weight excluding hydrogens is 168 g/mol. The SMILES string of the molecule is CCCC[Si](OC)(OC)C(C)C. The molecule has 0 fully saturated rings. The van der Waals surface area contributed by atoms with Gasteiger partial charge < -0.3 is 8.85 Å². The third-order valence-corrected chi connectivity index (χ3v) is 6.64. The second-order valence-electron chi connectivity index (χ2n) is 3.48. The molecule has 12 heavy (non-hydrogen) atoms. The van der Waals surface area contributed by atoms with Crippen molar-refractivity contribution in [3.63, 3.8) is 0 Å². The van der Waals surface area contributed by atoms with Crippen LogP contribution in [0.4, 0.5) is 0 Å². The van der Waals surface area contributed by atoms with Crippen LogP contribution in [0.25, 0.3) is 0 Å². The van der Waals surface area contributed by atoms with Crippen molar-refractivity contribution in [2.45, 2.75) is 45.2 Å². The first-order chi connectivity index (χ1) is 5.63. The van der Waals surface area contributed by atoms with Crippen LogP contribution < -0.4 is 0 Å². The molecule has 0 aromatic heterocycles. The van der Waals surface area contributed by atoms with Gasteiger partial charge in [0, 0.05) is 14.2 Å². The van der Waals surface area contributed by atoms with Gasteiger partial charge in [0.25, 0.3) is 0 Å². The van der Waals surface area contributed by atoms with Crippen molar-refractivity contribution in [3.8, 4) is 0 Å². The van der Waals surface area contributed by atoms with Crippen molar-refractivity contribution in [3.05, 3.63) is 0 Å². The van der Waals surface area contributed by atoms with E-state index < -0.39 is 8.56 Å². The molecule has 0 aromatic rings. The highest BCUT2D eigenvalue weighted by Crippen LogP contribution is 2.27. The fourth-order valence-corrected chi connectivity index (χ4v) is 4.41. The van der Waals surface area contributed by atoms with Crippen LogP contribution in [0.15, 0.2) is 0 Å². The molecule has 74 valence electrons. The van der Waals surface area contributed by atoms with Crippen molar-refractivity contribution in [2.75, 3.05) is 14.2 Å². The van der Waals surface area contributed by atoms with Gasteiger partial charge in [-0.15, -0.1) is 0 Å². The zero-order chi connectivity index (χ0) is 9.61. The van der Waals surface area contributed by atoms with E-state index in [4.69, 9.17) is 8.85 Å². The molecule has 0 radical (unpaired) electrons. The summed E-state index contributed by atoms with van der Waals surface area (Å²) in [5, 5.41) is 0. The van der Waals surface area contributed by atoms with Crippen molar-refractivity contribution >= 4 is 8.56 Å². The lowest BCUT2D eigenvalue weighted by Crippen LogP contribution is -2.43. The molecule has 0 N–H and O–H groups in total. The Labute approximate surface area is 77.5 Å². The standard InChI is InChI=1S/C9H22O2Si/c1-6-7-8-12(10-4,11-5)9(2)3/h9H,6-8H2,1-5H3. The van der Waals surface area contributed by atoms with E-state index in [9.17, 15) is 0 Å². The third-order valence-electron chi connectivity index (χ3n) is 2.45. The zero-order valence-electron chi connectivity index (χ0n) is 9.02. The average Bonchev–Trinajstić information content (AvgIpc) is 2.07. The molecule has 0 unspecified atom stereocenters. The highest BCUT2D eigenvalue weighted by atomic mass is 28.4. The molecular formula is C9H22O2Si. The van der Waals surface area contributed by atoms with Crippen LogP contribution >= 0.6 is 0 Å². The summed E-state index contributed by atoms with van der Waals surface area (Å²) in [4.78, 5) is 0. The van der Waals surface area contributed by atoms with E-state index in [2.05, 4.69) is 20.8 Å². The Morgan fingerprint density at radius 1 is 1.17 bits per heavy atom. The maximum atomic E-state index is 5.57. The van der Waals surface area contributed by atoms with E-state index in [0.29, 0.717) is 5.54 Å².